The normalized spacial score (nSPS) is 11.5. The number of rotatable bonds is 4. The minimum absolute atomic E-state index is 1.09. The molecule has 0 aliphatic heterocycles. The van der Waals surface area contributed by atoms with Crippen molar-refractivity contribution >= 4 is 64.4 Å². The molecule has 0 bridgehead atoms. The Hall–Kier alpha value is -4.92. The lowest BCUT2D eigenvalue weighted by atomic mass is 9.93. The highest BCUT2D eigenvalue weighted by molar-refractivity contribution is 7.25. The molecule has 40 heavy (non-hydrogen) atoms. The average molecular weight is 528 g/mol. The molecule has 1 aromatic heterocycles. The Labute approximate surface area is 237 Å². The van der Waals surface area contributed by atoms with Crippen LogP contribution < -0.4 is 5.32 Å². The van der Waals surface area contributed by atoms with Crippen LogP contribution in [0, 0.1) is 0 Å². The van der Waals surface area contributed by atoms with Gasteiger partial charge in [-0.15, -0.1) is 11.3 Å². The molecule has 1 N–H and O–H groups in total. The molecule has 0 radical (unpaired) electrons. The maximum atomic E-state index is 3.60. The lowest BCUT2D eigenvalue weighted by Gasteiger charge is -2.11. The van der Waals surface area contributed by atoms with Gasteiger partial charge in [0.05, 0.1) is 0 Å². The molecular weight excluding hydrogens is 502 g/mol. The third-order valence-electron chi connectivity index (χ3n) is 7.83. The van der Waals surface area contributed by atoms with E-state index in [1.807, 2.05) is 11.3 Å². The zero-order valence-corrected chi connectivity index (χ0v) is 22.6. The molecule has 0 spiro atoms. The van der Waals surface area contributed by atoms with E-state index >= 15 is 0 Å². The van der Waals surface area contributed by atoms with E-state index in [1.54, 1.807) is 0 Å². The summed E-state index contributed by atoms with van der Waals surface area (Å²) in [5.74, 6) is 0. The summed E-state index contributed by atoms with van der Waals surface area (Å²) in [4.78, 5) is 0. The van der Waals surface area contributed by atoms with Gasteiger partial charge in [-0.05, 0) is 86.3 Å². The van der Waals surface area contributed by atoms with E-state index < -0.39 is 0 Å². The van der Waals surface area contributed by atoms with Crippen LogP contribution in [0.1, 0.15) is 0 Å². The van der Waals surface area contributed by atoms with Gasteiger partial charge in [-0.25, -0.2) is 0 Å². The van der Waals surface area contributed by atoms with Crippen LogP contribution in [0.25, 0.3) is 64.0 Å². The highest BCUT2D eigenvalue weighted by atomic mass is 32.1. The number of thiophene rings is 1. The van der Waals surface area contributed by atoms with Gasteiger partial charge in [-0.2, -0.15) is 0 Å². The quantitative estimate of drug-likeness (QED) is 0.240. The Bertz CT molecular complexity index is 2190. The molecule has 0 unspecified atom stereocenters. The zero-order valence-electron chi connectivity index (χ0n) is 21.8. The van der Waals surface area contributed by atoms with E-state index in [1.165, 1.54) is 64.0 Å². The van der Waals surface area contributed by atoms with Gasteiger partial charge in [0.15, 0.2) is 0 Å². The van der Waals surface area contributed by atoms with E-state index in [2.05, 4.69) is 151 Å². The topological polar surface area (TPSA) is 12.0 Å². The fraction of sp³-hybridized carbons (Fsp3) is 0. The molecule has 1 nitrogen and oxygen atoms in total. The molecule has 2 heteroatoms. The number of hydrogen-bond donors (Lipinski definition) is 1. The van der Waals surface area contributed by atoms with Crippen LogP contribution in [0.2, 0.25) is 0 Å². The van der Waals surface area contributed by atoms with E-state index in [9.17, 15) is 0 Å². The van der Waals surface area contributed by atoms with Gasteiger partial charge >= 0.3 is 0 Å². The number of fused-ring (bicyclic) bond motifs is 5. The van der Waals surface area contributed by atoms with Crippen molar-refractivity contribution in [1.82, 2.24) is 0 Å². The SMILES string of the molecule is c1ccc2cc(-c3cccc4ccc(-c5ccc(Nc6ccc7c(c6)sc6ccccc67)cc5)cc34)ccc2c1. The van der Waals surface area contributed by atoms with E-state index in [0.717, 1.165) is 11.4 Å². The van der Waals surface area contributed by atoms with Crippen LogP contribution in [-0.2, 0) is 0 Å². The van der Waals surface area contributed by atoms with Crippen LogP contribution in [-0.4, -0.2) is 0 Å². The summed E-state index contributed by atoms with van der Waals surface area (Å²) in [6, 6.07) is 52.7. The van der Waals surface area contributed by atoms with Crippen LogP contribution >= 0.6 is 11.3 Å². The van der Waals surface area contributed by atoms with Crippen LogP contribution in [0.5, 0.6) is 0 Å². The fourth-order valence-electron chi connectivity index (χ4n) is 5.78. The number of hydrogen-bond acceptors (Lipinski definition) is 2. The number of anilines is 2. The summed E-state index contributed by atoms with van der Waals surface area (Å²) in [7, 11) is 0. The van der Waals surface area contributed by atoms with Gasteiger partial charge < -0.3 is 5.32 Å². The molecule has 7 aromatic carbocycles. The first-order valence-corrected chi connectivity index (χ1v) is 14.4. The van der Waals surface area contributed by atoms with Gasteiger partial charge in [-0.3, -0.25) is 0 Å². The summed E-state index contributed by atoms with van der Waals surface area (Å²) in [6.07, 6.45) is 0. The smallest absolute Gasteiger partial charge is 0.0398 e. The molecule has 0 saturated carbocycles. The lowest BCUT2D eigenvalue weighted by Crippen LogP contribution is -1.90. The van der Waals surface area contributed by atoms with Gasteiger partial charge in [0, 0.05) is 31.5 Å². The van der Waals surface area contributed by atoms with E-state index in [0.29, 0.717) is 0 Å². The largest absolute Gasteiger partial charge is 0.355 e. The first-order chi connectivity index (χ1) is 19.8. The first kappa shape index (κ1) is 23.0. The van der Waals surface area contributed by atoms with Crippen molar-refractivity contribution in [3.8, 4) is 22.3 Å². The summed E-state index contributed by atoms with van der Waals surface area (Å²) in [5.41, 5.74) is 7.13. The molecule has 8 aromatic rings. The third kappa shape index (κ3) is 4.02. The third-order valence-corrected chi connectivity index (χ3v) is 8.96. The molecule has 8 rings (SSSR count). The van der Waals surface area contributed by atoms with Gasteiger partial charge in [0.25, 0.3) is 0 Å². The Kier molecular flexibility index (Phi) is 5.39. The van der Waals surface area contributed by atoms with Crippen molar-refractivity contribution in [3.63, 3.8) is 0 Å². The van der Waals surface area contributed by atoms with Crippen molar-refractivity contribution in [2.45, 2.75) is 0 Å². The van der Waals surface area contributed by atoms with Crippen molar-refractivity contribution < 1.29 is 0 Å². The van der Waals surface area contributed by atoms with Gasteiger partial charge in [0.2, 0.25) is 0 Å². The minimum Gasteiger partial charge on any atom is -0.355 e. The maximum Gasteiger partial charge on any atom is 0.0398 e. The number of nitrogens with one attached hydrogen (secondary N) is 1. The Balaban J connectivity index is 1.11. The minimum atomic E-state index is 1.09. The standard InChI is InChI=1S/C38H25NS/c1-2-7-28-22-30(15-12-25(28)6-1)33-10-5-8-27-13-14-29(23-36(27)33)26-16-18-31(19-17-26)39-32-20-21-35-34-9-3-4-11-37(34)40-38(35)24-32/h1-24,39H. The van der Waals surface area contributed by atoms with Gasteiger partial charge in [0.1, 0.15) is 0 Å². The van der Waals surface area contributed by atoms with Gasteiger partial charge in [-0.1, -0.05) is 103 Å². The van der Waals surface area contributed by atoms with E-state index in [4.69, 9.17) is 0 Å². The fourth-order valence-corrected chi connectivity index (χ4v) is 6.92. The second-order valence-corrected chi connectivity index (χ2v) is 11.4. The van der Waals surface area contributed by atoms with Crippen LogP contribution in [0.15, 0.2) is 146 Å². The second-order valence-electron chi connectivity index (χ2n) is 10.3. The van der Waals surface area contributed by atoms with Crippen molar-refractivity contribution in [2.75, 3.05) is 5.32 Å². The summed E-state index contributed by atoms with van der Waals surface area (Å²) < 4.78 is 2.64. The monoisotopic (exact) mass is 527 g/mol. The zero-order chi connectivity index (χ0) is 26.5. The lowest BCUT2D eigenvalue weighted by molar-refractivity contribution is 1.56. The molecule has 0 fully saturated rings. The molecule has 0 saturated heterocycles. The first-order valence-electron chi connectivity index (χ1n) is 13.6. The summed E-state index contributed by atoms with van der Waals surface area (Å²) >= 11 is 1.85. The average Bonchev–Trinajstić information content (AvgIpc) is 3.38. The predicted molar refractivity (Wildman–Crippen MR) is 175 cm³/mol. The van der Waals surface area contributed by atoms with E-state index in [-0.39, 0.29) is 0 Å². The maximum absolute atomic E-state index is 3.60. The molecular formula is C38H25NS. The second kappa shape index (κ2) is 9.37. The molecule has 0 atom stereocenters. The molecule has 1 heterocycles. The molecule has 188 valence electrons. The highest BCUT2D eigenvalue weighted by Gasteiger charge is 2.09. The van der Waals surface area contributed by atoms with Crippen molar-refractivity contribution in [2.24, 2.45) is 0 Å². The molecule has 0 aliphatic rings. The Morgan fingerprint density at radius 1 is 0.375 bits per heavy atom. The van der Waals surface area contributed by atoms with Crippen LogP contribution in [0.3, 0.4) is 0 Å². The Morgan fingerprint density at radius 2 is 1.07 bits per heavy atom. The number of benzene rings is 7. The molecule has 0 amide bonds. The van der Waals surface area contributed by atoms with Crippen molar-refractivity contribution in [3.05, 3.63) is 146 Å². The van der Waals surface area contributed by atoms with Crippen LogP contribution in [0.4, 0.5) is 11.4 Å². The Morgan fingerprint density at radius 3 is 2.00 bits per heavy atom. The van der Waals surface area contributed by atoms with Crippen molar-refractivity contribution in [1.29, 1.82) is 0 Å². The predicted octanol–water partition coefficient (Wildman–Crippen LogP) is 11.4. The molecule has 0 aliphatic carbocycles. The summed E-state index contributed by atoms with van der Waals surface area (Å²) in [6.45, 7) is 0. The highest BCUT2D eigenvalue weighted by Crippen LogP contribution is 2.37. The summed E-state index contributed by atoms with van der Waals surface area (Å²) in [5, 5.41) is 11.3.